The van der Waals surface area contributed by atoms with Gasteiger partial charge < -0.3 is 10.6 Å². The average Bonchev–Trinajstić information content (AvgIpc) is 3.30. The Morgan fingerprint density at radius 2 is 1.89 bits per heavy atom. The van der Waals surface area contributed by atoms with Gasteiger partial charge in [0.05, 0.1) is 29.1 Å². The van der Waals surface area contributed by atoms with Gasteiger partial charge in [-0.05, 0) is 44.4 Å². The summed E-state index contributed by atoms with van der Waals surface area (Å²) in [7, 11) is 0. The normalized spacial score (nSPS) is 13.9. The number of rotatable bonds is 7. The van der Waals surface area contributed by atoms with Gasteiger partial charge in [0.2, 0.25) is 0 Å². The number of hydrogen-bond acceptors (Lipinski definition) is 6. The summed E-state index contributed by atoms with van der Waals surface area (Å²) >= 11 is 0.237. The monoisotopic (exact) mass is 507 g/mol. The van der Waals surface area contributed by atoms with Gasteiger partial charge >= 0.3 is 6.18 Å². The van der Waals surface area contributed by atoms with E-state index < -0.39 is 29.0 Å². The fourth-order valence-electron chi connectivity index (χ4n) is 3.16. The predicted molar refractivity (Wildman–Crippen MR) is 129 cm³/mol. The summed E-state index contributed by atoms with van der Waals surface area (Å²) in [6.07, 6.45) is 2.48. The Hall–Kier alpha value is -3.34. The van der Waals surface area contributed by atoms with Crippen molar-refractivity contribution >= 4 is 40.9 Å². The molecule has 1 unspecified atom stereocenters. The Bertz CT molecular complexity index is 1320. The first-order chi connectivity index (χ1) is 16.5. The molecule has 186 valence electrons. The number of benzene rings is 1. The Labute approximate surface area is 203 Å². The number of thiazole rings is 1. The number of nitrogens with zero attached hydrogens (tertiary/aromatic N) is 3. The third-order valence-electron chi connectivity index (χ3n) is 4.94. The number of amides is 1. The highest BCUT2D eigenvalue weighted by molar-refractivity contribution is 7.13. The van der Waals surface area contributed by atoms with Crippen molar-refractivity contribution < 1.29 is 22.4 Å². The molecule has 3 aromatic rings. The molecular formula is C24H25F4N5OS. The van der Waals surface area contributed by atoms with Crippen molar-refractivity contribution in [3.8, 4) is 0 Å². The Morgan fingerprint density at radius 3 is 2.51 bits per heavy atom. The molecule has 1 atom stereocenters. The largest absolute Gasteiger partial charge is 0.443 e. The summed E-state index contributed by atoms with van der Waals surface area (Å²) < 4.78 is 52.9. The van der Waals surface area contributed by atoms with Crippen LogP contribution in [-0.4, -0.2) is 20.9 Å². The molecule has 11 heteroatoms. The van der Waals surface area contributed by atoms with Crippen LogP contribution in [0.1, 0.15) is 60.4 Å². The summed E-state index contributed by atoms with van der Waals surface area (Å²) in [6.45, 7) is 7.80. The number of carbonyl (C=O) groups is 1. The average molecular weight is 508 g/mol. The van der Waals surface area contributed by atoms with Gasteiger partial charge in [0.1, 0.15) is 16.5 Å². The number of nitrogens with one attached hydrogen (secondary N) is 2. The standard InChI is InChI=1S/C24H25F4N5OS/c1-5-18-19(9-6-13(2)3)33-21(12-29-18)31-14(4)16-10-15(7-8-17(16)25)32-22(34)20-11-30-23(35-20)24(26,27)28/h5,7-14H,6H2,1-4H3,(H,31,33)(H,32,34)/b18-5+,19-9-. The summed E-state index contributed by atoms with van der Waals surface area (Å²) in [4.78, 5) is 24.4. The van der Waals surface area contributed by atoms with Gasteiger partial charge in [0.25, 0.3) is 5.91 Å². The molecule has 0 bridgehead atoms. The van der Waals surface area contributed by atoms with Crippen LogP contribution in [-0.2, 0) is 6.18 Å². The minimum absolute atomic E-state index is 0.206. The third-order valence-corrected chi connectivity index (χ3v) is 5.98. The molecule has 0 aliphatic heterocycles. The second-order valence-electron chi connectivity index (χ2n) is 8.23. The Morgan fingerprint density at radius 1 is 1.14 bits per heavy atom. The maximum absolute atomic E-state index is 14.6. The molecule has 6 nitrogen and oxygen atoms in total. The van der Waals surface area contributed by atoms with Crippen molar-refractivity contribution in [3.63, 3.8) is 0 Å². The lowest BCUT2D eigenvalue weighted by atomic mass is 10.1. The van der Waals surface area contributed by atoms with Crippen molar-refractivity contribution in [1.29, 1.82) is 0 Å². The summed E-state index contributed by atoms with van der Waals surface area (Å²) in [5.41, 5.74) is 0.471. The predicted octanol–water partition coefficient (Wildman–Crippen LogP) is 5.14. The van der Waals surface area contributed by atoms with Gasteiger partial charge in [-0.2, -0.15) is 13.2 Å². The highest BCUT2D eigenvalue weighted by atomic mass is 32.1. The van der Waals surface area contributed by atoms with E-state index in [2.05, 4.69) is 39.4 Å². The Kier molecular flexibility index (Phi) is 8.21. The van der Waals surface area contributed by atoms with E-state index in [1.54, 1.807) is 13.1 Å². The first kappa shape index (κ1) is 26.3. The molecule has 35 heavy (non-hydrogen) atoms. The Balaban J connectivity index is 1.80. The van der Waals surface area contributed by atoms with Crippen LogP contribution in [0.4, 0.5) is 29.1 Å². The molecule has 0 spiro atoms. The lowest BCUT2D eigenvalue weighted by molar-refractivity contribution is -0.137. The number of hydrogen-bond donors (Lipinski definition) is 2. The van der Waals surface area contributed by atoms with Crippen LogP contribution >= 0.6 is 11.3 Å². The second-order valence-corrected chi connectivity index (χ2v) is 9.26. The van der Waals surface area contributed by atoms with E-state index >= 15 is 0 Å². The SMILES string of the molecule is C/C=c1/ncc(NC(C)c2cc(NC(=O)c3cnc(C(F)(F)F)s3)ccc2F)n/c1=C\CC(C)C. The zero-order chi connectivity index (χ0) is 25.8. The van der Waals surface area contributed by atoms with E-state index in [0.29, 0.717) is 11.7 Å². The molecule has 0 saturated heterocycles. The summed E-state index contributed by atoms with van der Waals surface area (Å²) in [5, 5.41) is 5.97. The van der Waals surface area contributed by atoms with E-state index in [-0.39, 0.29) is 27.5 Å². The molecule has 0 aliphatic carbocycles. The lowest BCUT2D eigenvalue weighted by Crippen LogP contribution is -2.32. The third kappa shape index (κ3) is 6.84. The van der Waals surface area contributed by atoms with Gasteiger partial charge in [-0.15, -0.1) is 11.3 Å². The first-order valence-electron chi connectivity index (χ1n) is 10.9. The molecule has 1 aromatic carbocycles. The number of carbonyl (C=O) groups excluding carboxylic acids is 1. The van der Waals surface area contributed by atoms with Crippen molar-refractivity contribution in [1.82, 2.24) is 15.0 Å². The smallest absolute Gasteiger partial charge is 0.362 e. The number of anilines is 2. The summed E-state index contributed by atoms with van der Waals surface area (Å²) in [5.74, 6) is -0.373. The minimum Gasteiger partial charge on any atom is -0.362 e. The molecule has 2 heterocycles. The van der Waals surface area contributed by atoms with E-state index in [1.165, 1.54) is 18.2 Å². The molecular weight excluding hydrogens is 482 g/mol. The number of halogens is 4. The van der Waals surface area contributed by atoms with Gasteiger partial charge in [-0.25, -0.2) is 14.4 Å². The van der Waals surface area contributed by atoms with E-state index in [0.717, 1.165) is 23.3 Å². The van der Waals surface area contributed by atoms with Crippen molar-refractivity contribution in [2.75, 3.05) is 10.6 Å². The lowest BCUT2D eigenvalue weighted by Gasteiger charge is -2.17. The van der Waals surface area contributed by atoms with Crippen LogP contribution in [0.15, 0.2) is 30.6 Å². The number of alkyl halides is 3. The number of aromatic nitrogens is 3. The van der Waals surface area contributed by atoms with Crippen molar-refractivity contribution in [2.45, 2.75) is 46.3 Å². The van der Waals surface area contributed by atoms with Crippen LogP contribution in [0.3, 0.4) is 0 Å². The molecule has 2 N–H and O–H groups in total. The molecule has 0 radical (unpaired) electrons. The van der Waals surface area contributed by atoms with Crippen molar-refractivity contribution in [3.05, 3.63) is 62.6 Å². The molecule has 3 rings (SSSR count). The topological polar surface area (TPSA) is 79.8 Å². The molecule has 1 amide bonds. The molecule has 0 saturated carbocycles. The fourth-order valence-corrected chi connectivity index (χ4v) is 3.84. The van der Waals surface area contributed by atoms with Gasteiger partial charge in [-0.1, -0.05) is 26.0 Å². The molecule has 2 aromatic heterocycles. The second kappa shape index (κ2) is 10.9. The van der Waals surface area contributed by atoms with Crippen LogP contribution in [0.5, 0.6) is 0 Å². The van der Waals surface area contributed by atoms with Crippen LogP contribution < -0.4 is 21.3 Å². The van der Waals surface area contributed by atoms with E-state index in [4.69, 9.17) is 0 Å². The van der Waals surface area contributed by atoms with Gasteiger partial charge in [0.15, 0.2) is 5.01 Å². The maximum Gasteiger partial charge on any atom is 0.443 e. The van der Waals surface area contributed by atoms with Crippen LogP contribution in [0.25, 0.3) is 12.2 Å². The quantitative estimate of drug-likeness (QED) is 0.433. The maximum atomic E-state index is 14.6. The highest BCUT2D eigenvalue weighted by Crippen LogP contribution is 2.32. The van der Waals surface area contributed by atoms with Gasteiger partial charge in [0, 0.05) is 11.3 Å². The van der Waals surface area contributed by atoms with E-state index in [1.807, 2.05) is 19.1 Å². The summed E-state index contributed by atoms with van der Waals surface area (Å²) in [6, 6.07) is 3.39. The highest BCUT2D eigenvalue weighted by Gasteiger charge is 2.35. The van der Waals surface area contributed by atoms with E-state index in [9.17, 15) is 22.4 Å². The first-order valence-corrected chi connectivity index (χ1v) is 11.7. The van der Waals surface area contributed by atoms with Gasteiger partial charge in [-0.3, -0.25) is 9.78 Å². The molecule has 0 fully saturated rings. The minimum atomic E-state index is -4.63. The van der Waals surface area contributed by atoms with Crippen molar-refractivity contribution in [2.24, 2.45) is 5.92 Å². The fraction of sp³-hybridized carbons (Fsp3) is 0.333. The van der Waals surface area contributed by atoms with Crippen LogP contribution in [0.2, 0.25) is 0 Å². The van der Waals surface area contributed by atoms with Crippen LogP contribution in [0, 0.1) is 11.7 Å². The zero-order valence-electron chi connectivity index (χ0n) is 19.6. The molecule has 0 aliphatic rings. The zero-order valence-corrected chi connectivity index (χ0v) is 20.4.